The fourth-order valence-corrected chi connectivity index (χ4v) is 2.25. The maximum atomic E-state index is 13.3. The minimum absolute atomic E-state index is 0.0695. The van der Waals surface area contributed by atoms with E-state index in [1.165, 1.54) is 19.4 Å². The molecule has 6 nitrogen and oxygen atoms in total. The topological polar surface area (TPSA) is 77.0 Å². The van der Waals surface area contributed by atoms with E-state index >= 15 is 0 Å². The van der Waals surface area contributed by atoms with Crippen molar-refractivity contribution < 1.29 is 22.7 Å². The molecule has 2 aromatic rings. The average Bonchev–Trinajstić information content (AvgIpc) is 2.60. The highest BCUT2D eigenvalue weighted by Gasteiger charge is 2.45. The van der Waals surface area contributed by atoms with Crippen LogP contribution in [0, 0.1) is 5.41 Å². The molecule has 0 spiro atoms. The molecule has 0 amide bonds. The van der Waals surface area contributed by atoms with Crippen LogP contribution in [0.25, 0.3) is 11.5 Å². The highest BCUT2D eigenvalue weighted by atomic mass is 19.4. The van der Waals surface area contributed by atoms with Crippen LogP contribution in [0.15, 0.2) is 30.5 Å². The van der Waals surface area contributed by atoms with Gasteiger partial charge in [-0.2, -0.15) is 13.2 Å². The van der Waals surface area contributed by atoms with Gasteiger partial charge in [0.1, 0.15) is 11.5 Å². The lowest BCUT2D eigenvalue weighted by Gasteiger charge is -2.40. The Morgan fingerprint density at radius 2 is 1.78 bits per heavy atom. The lowest BCUT2D eigenvalue weighted by Crippen LogP contribution is -2.51. The SMILES string of the molecule is COC(=O)C(C)(C)C(C)(C)Nc1cc(C(F)(F)F)nc(-c2ccccn2)n1. The molecule has 27 heavy (non-hydrogen) atoms. The standard InChI is InChI=1S/C18H21F3N4O2/c1-16(2,15(26)27-5)17(3,4)25-13-10-12(18(19,20)21)23-14(24-13)11-8-6-7-9-22-11/h6-10H,1-5H3,(H,23,24,25). The van der Waals surface area contributed by atoms with Crippen molar-refractivity contribution in [3.05, 3.63) is 36.2 Å². The molecule has 0 aromatic carbocycles. The Bertz CT molecular complexity index is 821. The first kappa shape index (κ1) is 20.6. The van der Waals surface area contributed by atoms with E-state index in [1.807, 2.05) is 0 Å². The average molecular weight is 382 g/mol. The second kappa shape index (κ2) is 7.13. The summed E-state index contributed by atoms with van der Waals surface area (Å²) in [5, 5.41) is 2.92. The zero-order valence-corrected chi connectivity index (χ0v) is 15.7. The molecular weight excluding hydrogens is 361 g/mol. The highest BCUT2D eigenvalue weighted by Crippen LogP contribution is 2.36. The third-order valence-corrected chi connectivity index (χ3v) is 4.61. The number of methoxy groups -OCH3 is 1. The number of anilines is 1. The molecule has 0 aliphatic heterocycles. The molecule has 0 atom stereocenters. The Morgan fingerprint density at radius 1 is 1.11 bits per heavy atom. The van der Waals surface area contributed by atoms with Crippen LogP contribution in [0.1, 0.15) is 33.4 Å². The molecular formula is C18H21F3N4O2. The third kappa shape index (κ3) is 4.35. The molecule has 2 heterocycles. The number of carbonyl (C=O) groups excluding carboxylic acids is 1. The quantitative estimate of drug-likeness (QED) is 0.789. The van der Waals surface area contributed by atoms with Crippen molar-refractivity contribution in [2.24, 2.45) is 5.41 Å². The van der Waals surface area contributed by atoms with E-state index in [4.69, 9.17) is 4.74 Å². The molecule has 1 N–H and O–H groups in total. The van der Waals surface area contributed by atoms with Crippen molar-refractivity contribution in [2.45, 2.75) is 39.4 Å². The Morgan fingerprint density at radius 3 is 2.30 bits per heavy atom. The first-order valence-electron chi connectivity index (χ1n) is 8.13. The van der Waals surface area contributed by atoms with Crippen molar-refractivity contribution in [3.8, 4) is 11.5 Å². The van der Waals surface area contributed by atoms with Gasteiger partial charge in [-0.3, -0.25) is 9.78 Å². The Hall–Kier alpha value is -2.71. The summed E-state index contributed by atoms with van der Waals surface area (Å²) < 4.78 is 44.7. The van der Waals surface area contributed by atoms with E-state index < -0.39 is 28.8 Å². The summed E-state index contributed by atoms with van der Waals surface area (Å²) in [6.07, 6.45) is -3.22. The lowest BCUT2D eigenvalue weighted by atomic mass is 9.74. The number of alkyl halides is 3. The fraction of sp³-hybridized carbons (Fsp3) is 0.444. The maximum absolute atomic E-state index is 13.3. The van der Waals surface area contributed by atoms with Crippen LogP contribution in [0.4, 0.5) is 19.0 Å². The van der Waals surface area contributed by atoms with Crippen molar-refractivity contribution in [3.63, 3.8) is 0 Å². The molecule has 2 rings (SSSR count). The van der Waals surface area contributed by atoms with Crippen LogP contribution in [0.5, 0.6) is 0 Å². The summed E-state index contributed by atoms with van der Waals surface area (Å²) in [6, 6.07) is 5.59. The zero-order chi connectivity index (χ0) is 20.5. The van der Waals surface area contributed by atoms with E-state index in [-0.39, 0.29) is 17.3 Å². The van der Waals surface area contributed by atoms with Gasteiger partial charge >= 0.3 is 12.1 Å². The number of carbonyl (C=O) groups is 1. The van der Waals surface area contributed by atoms with Gasteiger partial charge in [0.2, 0.25) is 0 Å². The molecule has 0 fully saturated rings. The number of halogens is 3. The predicted octanol–water partition coefficient (Wildman–Crippen LogP) is 3.95. The van der Waals surface area contributed by atoms with Crippen molar-refractivity contribution in [2.75, 3.05) is 12.4 Å². The molecule has 2 aromatic heterocycles. The first-order chi connectivity index (χ1) is 12.4. The van der Waals surface area contributed by atoms with Gasteiger partial charge in [0.05, 0.1) is 12.5 Å². The van der Waals surface area contributed by atoms with Crippen molar-refractivity contribution in [1.29, 1.82) is 0 Å². The lowest BCUT2D eigenvalue weighted by molar-refractivity contribution is -0.153. The smallest absolute Gasteiger partial charge is 0.433 e. The van der Waals surface area contributed by atoms with E-state index in [2.05, 4.69) is 20.3 Å². The molecule has 9 heteroatoms. The zero-order valence-electron chi connectivity index (χ0n) is 15.7. The Labute approximate surface area is 155 Å². The number of esters is 1. The van der Waals surface area contributed by atoms with Gasteiger partial charge in [0, 0.05) is 17.8 Å². The molecule has 0 saturated carbocycles. The summed E-state index contributed by atoms with van der Waals surface area (Å²) in [6.45, 7) is 6.63. The second-order valence-corrected chi connectivity index (χ2v) is 7.04. The number of nitrogens with one attached hydrogen (secondary N) is 1. The molecule has 0 saturated heterocycles. The van der Waals surface area contributed by atoms with Crippen LogP contribution >= 0.6 is 0 Å². The van der Waals surface area contributed by atoms with Crippen LogP contribution in [0.2, 0.25) is 0 Å². The van der Waals surface area contributed by atoms with Crippen molar-refractivity contribution in [1.82, 2.24) is 15.0 Å². The van der Waals surface area contributed by atoms with Gasteiger partial charge in [-0.1, -0.05) is 6.07 Å². The summed E-state index contributed by atoms with van der Waals surface area (Å²) in [7, 11) is 1.26. The largest absolute Gasteiger partial charge is 0.469 e. The number of nitrogens with zero attached hydrogens (tertiary/aromatic N) is 3. The van der Waals surface area contributed by atoms with Gasteiger partial charge in [-0.25, -0.2) is 9.97 Å². The normalized spacial score (nSPS) is 12.6. The second-order valence-electron chi connectivity index (χ2n) is 7.04. The minimum atomic E-state index is -4.66. The first-order valence-corrected chi connectivity index (χ1v) is 8.13. The molecule has 0 radical (unpaired) electrons. The fourth-order valence-electron chi connectivity index (χ4n) is 2.25. The number of aromatic nitrogens is 3. The van der Waals surface area contributed by atoms with E-state index in [9.17, 15) is 18.0 Å². The molecule has 146 valence electrons. The number of rotatable bonds is 5. The Kier molecular flexibility index (Phi) is 5.44. The van der Waals surface area contributed by atoms with Gasteiger partial charge in [0.15, 0.2) is 11.5 Å². The van der Waals surface area contributed by atoms with E-state index in [0.29, 0.717) is 0 Å². The summed E-state index contributed by atoms with van der Waals surface area (Å²) in [4.78, 5) is 23.9. The van der Waals surface area contributed by atoms with Crippen LogP contribution in [-0.2, 0) is 15.7 Å². The number of hydrogen-bond acceptors (Lipinski definition) is 6. The van der Waals surface area contributed by atoms with Gasteiger partial charge in [-0.05, 0) is 39.8 Å². The van der Waals surface area contributed by atoms with Gasteiger partial charge in [-0.15, -0.1) is 0 Å². The third-order valence-electron chi connectivity index (χ3n) is 4.61. The molecule has 0 unspecified atom stereocenters. The summed E-state index contributed by atoms with van der Waals surface area (Å²) >= 11 is 0. The highest BCUT2D eigenvalue weighted by molar-refractivity contribution is 5.78. The summed E-state index contributed by atoms with van der Waals surface area (Å²) in [5.41, 5.74) is -2.92. The predicted molar refractivity (Wildman–Crippen MR) is 93.8 cm³/mol. The number of pyridine rings is 1. The van der Waals surface area contributed by atoms with Crippen LogP contribution < -0.4 is 5.32 Å². The molecule has 0 bridgehead atoms. The van der Waals surface area contributed by atoms with Crippen LogP contribution in [-0.4, -0.2) is 33.6 Å². The molecule has 0 aliphatic rings. The van der Waals surface area contributed by atoms with E-state index in [0.717, 1.165) is 6.07 Å². The number of hydrogen-bond donors (Lipinski definition) is 1. The van der Waals surface area contributed by atoms with E-state index in [1.54, 1.807) is 39.8 Å². The Balaban J connectivity index is 2.52. The van der Waals surface area contributed by atoms with Crippen molar-refractivity contribution >= 4 is 11.8 Å². The van der Waals surface area contributed by atoms with Gasteiger partial charge < -0.3 is 10.1 Å². The monoisotopic (exact) mass is 382 g/mol. The molecule has 0 aliphatic carbocycles. The van der Waals surface area contributed by atoms with Crippen LogP contribution in [0.3, 0.4) is 0 Å². The number of ether oxygens (including phenoxy) is 1. The summed E-state index contributed by atoms with van der Waals surface area (Å²) in [5.74, 6) is -0.741. The maximum Gasteiger partial charge on any atom is 0.433 e. The minimum Gasteiger partial charge on any atom is -0.469 e. The van der Waals surface area contributed by atoms with Gasteiger partial charge in [0.25, 0.3) is 0 Å².